The van der Waals surface area contributed by atoms with E-state index in [2.05, 4.69) is 63.7 Å². The van der Waals surface area contributed by atoms with Crippen LogP contribution in [-0.2, 0) is 6.42 Å². The lowest BCUT2D eigenvalue weighted by Gasteiger charge is -2.25. The number of hydrogen-bond acceptors (Lipinski definition) is 4. The number of hydrogen-bond donors (Lipinski definition) is 1. The monoisotopic (exact) mass is 469 g/mol. The SMILES string of the molecule is O=C1C(Cc2ccccc2)Nc2cnc(-c3ccc(N(c4ccccc4)c4ccccc4)cc3)c[n+]21. The van der Waals surface area contributed by atoms with Gasteiger partial charge in [0.05, 0.1) is 0 Å². The van der Waals surface area contributed by atoms with Crippen LogP contribution in [0.25, 0.3) is 11.3 Å². The van der Waals surface area contributed by atoms with Gasteiger partial charge < -0.3 is 4.90 Å². The van der Waals surface area contributed by atoms with E-state index in [4.69, 9.17) is 0 Å². The number of nitrogens with zero attached hydrogens (tertiary/aromatic N) is 3. The van der Waals surface area contributed by atoms with Crippen molar-refractivity contribution in [1.82, 2.24) is 4.98 Å². The summed E-state index contributed by atoms with van der Waals surface area (Å²) in [7, 11) is 0. The van der Waals surface area contributed by atoms with Gasteiger partial charge in [-0.15, -0.1) is 0 Å². The number of nitrogens with one attached hydrogen (secondary N) is 1. The fraction of sp³-hybridized carbons (Fsp3) is 0.0645. The van der Waals surface area contributed by atoms with Crippen molar-refractivity contribution in [2.24, 2.45) is 0 Å². The Kier molecular flexibility index (Phi) is 5.72. The largest absolute Gasteiger partial charge is 0.359 e. The predicted molar refractivity (Wildman–Crippen MR) is 143 cm³/mol. The van der Waals surface area contributed by atoms with E-state index in [1.54, 1.807) is 10.8 Å². The molecule has 4 aromatic carbocycles. The van der Waals surface area contributed by atoms with Crippen LogP contribution in [0.5, 0.6) is 0 Å². The fourth-order valence-corrected chi connectivity index (χ4v) is 4.64. The van der Waals surface area contributed by atoms with Crippen LogP contribution in [0.4, 0.5) is 22.9 Å². The summed E-state index contributed by atoms with van der Waals surface area (Å²) in [5.41, 5.74) is 6.06. The van der Waals surface area contributed by atoms with Crippen molar-refractivity contribution in [3.8, 4) is 11.3 Å². The average molecular weight is 470 g/mol. The number of fused-ring (bicyclic) bond motifs is 1. The van der Waals surface area contributed by atoms with Crippen LogP contribution >= 0.6 is 0 Å². The second-order valence-electron chi connectivity index (χ2n) is 8.81. The molecule has 174 valence electrons. The van der Waals surface area contributed by atoms with Crippen molar-refractivity contribution in [3.63, 3.8) is 0 Å². The standard InChI is InChI=1S/C31H24N4O/c36-31-28(20-23-10-4-1-5-11-23)33-30-21-32-29(22-34(30)31)24-16-18-27(19-17-24)35(25-12-6-2-7-13-25)26-14-8-3-9-15-26/h1-19,21-22,28H,20H2/p+1. The van der Waals surface area contributed by atoms with Gasteiger partial charge in [0.25, 0.3) is 0 Å². The quantitative estimate of drug-likeness (QED) is 0.302. The van der Waals surface area contributed by atoms with Gasteiger partial charge in [-0.2, -0.15) is 4.57 Å². The Morgan fingerprint density at radius 2 is 1.28 bits per heavy atom. The van der Waals surface area contributed by atoms with Crippen molar-refractivity contribution in [2.45, 2.75) is 12.5 Å². The molecule has 1 aliphatic rings. The van der Waals surface area contributed by atoms with E-state index in [1.165, 1.54) is 0 Å². The van der Waals surface area contributed by atoms with Gasteiger partial charge in [-0.25, -0.2) is 9.78 Å². The Morgan fingerprint density at radius 3 is 1.89 bits per heavy atom. The van der Waals surface area contributed by atoms with Gasteiger partial charge in [0, 0.05) is 29.0 Å². The summed E-state index contributed by atoms with van der Waals surface area (Å²) in [6.45, 7) is 0. The second-order valence-corrected chi connectivity index (χ2v) is 8.81. The Balaban J connectivity index is 1.27. The lowest BCUT2D eigenvalue weighted by molar-refractivity contribution is -0.552. The number of carbonyl (C=O) groups excluding carboxylic acids is 1. The molecule has 1 aliphatic heterocycles. The van der Waals surface area contributed by atoms with Gasteiger partial charge in [-0.05, 0) is 42.0 Å². The van der Waals surface area contributed by atoms with E-state index in [0.29, 0.717) is 6.42 Å². The minimum Gasteiger partial charge on any atom is -0.311 e. The van der Waals surface area contributed by atoms with Gasteiger partial charge in [-0.1, -0.05) is 78.9 Å². The fourth-order valence-electron chi connectivity index (χ4n) is 4.64. The normalized spacial score (nSPS) is 14.2. The lowest BCUT2D eigenvalue weighted by Crippen LogP contribution is -2.43. The van der Waals surface area contributed by atoms with Crippen LogP contribution in [-0.4, -0.2) is 16.9 Å². The topological polar surface area (TPSA) is 49.1 Å². The molecular weight excluding hydrogens is 444 g/mol. The maximum atomic E-state index is 13.1. The molecular formula is C31H25N4O+. The number of para-hydroxylation sites is 2. The molecule has 0 spiro atoms. The van der Waals surface area contributed by atoms with Crippen LogP contribution in [0.2, 0.25) is 0 Å². The third-order valence-electron chi connectivity index (χ3n) is 6.43. The molecule has 1 atom stereocenters. The predicted octanol–water partition coefficient (Wildman–Crippen LogP) is 6.18. The van der Waals surface area contributed by atoms with Crippen molar-refractivity contribution in [1.29, 1.82) is 0 Å². The van der Waals surface area contributed by atoms with Crippen LogP contribution in [0.1, 0.15) is 10.4 Å². The molecule has 6 rings (SSSR count). The summed E-state index contributed by atoms with van der Waals surface area (Å²) in [6, 6.07) is 38.7. The first kappa shape index (κ1) is 21.7. The number of carbonyl (C=O) groups is 1. The molecule has 0 amide bonds. The van der Waals surface area contributed by atoms with Crippen molar-refractivity contribution in [3.05, 3.63) is 133 Å². The van der Waals surface area contributed by atoms with E-state index < -0.39 is 0 Å². The Morgan fingerprint density at radius 1 is 0.722 bits per heavy atom. The molecule has 5 aromatic rings. The molecule has 0 saturated carbocycles. The third-order valence-corrected chi connectivity index (χ3v) is 6.43. The second kappa shape index (κ2) is 9.47. The lowest BCUT2D eigenvalue weighted by atomic mass is 10.1. The highest BCUT2D eigenvalue weighted by Gasteiger charge is 2.38. The zero-order valence-electron chi connectivity index (χ0n) is 19.7. The summed E-state index contributed by atoms with van der Waals surface area (Å²) in [4.78, 5) is 20.0. The molecule has 5 heteroatoms. The minimum absolute atomic E-state index is 0.0356. The molecule has 1 N–H and O–H groups in total. The summed E-state index contributed by atoms with van der Waals surface area (Å²) in [5.74, 6) is 0.758. The first-order valence-electron chi connectivity index (χ1n) is 12.0. The summed E-state index contributed by atoms with van der Waals surface area (Å²) >= 11 is 0. The van der Waals surface area contributed by atoms with Crippen LogP contribution in [0.15, 0.2) is 128 Å². The van der Waals surface area contributed by atoms with Crippen molar-refractivity contribution in [2.75, 3.05) is 10.2 Å². The van der Waals surface area contributed by atoms with E-state index in [9.17, 15) is 4.79 Å². The highest BCUT2D eigenvalue weighted by Crippen LogP contribution is 2.35. The van der Waals surface area contributed by atoms with Gasteiger partial charge in [0.2, 0.25) is 0 Å². The number of aromatic nitrogens is 2. The Labute approximate surface area is 210 Å². The van der Waals surface area contributed by atoms with E-state index in [-0.39, 0.29) is 11.9 Å². The highest BCUT2D eigenvalue weighted by atomic mass is 16.2. The van der Waals surface area contributed by atoms with Gasteiger partial charge in [0.1, 0.15) is 18.1 Å². The maximum absolute atomic E-state index is 13.1. The molecule has 5 nitrogen and oxygen atoms in total. The first-order chi connectivity index (χ1) is 17.8. The average Bonchev–Trinajstić information content (AvgIpc) is 3.25. The molecule has 0 bridgehead atoms. The first-order valence-corrected chi connectivity index (χ1v) is 12.0. The van der Waals surface area contributed by atoms with Gasteiger partial charge in [-0.3, -0.25) is 5.32 Å². The molecule has 0 aliphatic carbocycles. The Bertz CT molecular complexity index is 1450. The molecule has 0 radical (unpaired) electrons. The van der Waals surface area contributed by atoms with Crippen molar-refractivity contribution >= 4 is 28.8 Å². The van der Waals surface area contributed by atoms with Crippen LogP contribution in [0.3, 0.4) is 0 Å². The number of rotatable bonds is 6. The maximum Gasteiger partial charge on any atom is 0.359 e. The molecule has 0 saturated heterocycles. The molecule has 36 heavy (non-hydrogen) atoms. The summed E-state index contributed by atoms with van der Waals surface area (Å²) < 4.78 is 1.68. The highest BCUT2D eigenvalue weighted by molar-refractivity contribution is 5.82. The molecule has 0 fully saturated rings. The van der Waals surface area contributed by atoms with E-state index in [0.717, 1.165) is 39.7 Å². The molecule has 2 heterocycles. The summed E-state index contributed by atoms with van der Waals surface area (Å²) in [6.07, 6.45) is 4.21. The number of anilines is 4. The summed E-state index contributed by atoms with van der Waals surface area (Å²) in [5, 5.41) is 3.32. The van der Waals surface area contributed by atoms with E-state index >= 15 is 0 Å². The van der Waals surface area contributed by atoms with Crippen molar-refractivity contribution < 1.29 is 9.36 Å². The molecule has 1 aromatic heterocycles. The molecule has 1 unspecified atom stereocenters. The van der Waals surface area contributed by atoms with E-state index in [1.807, 2.05) is 72.9 Å². The van der Waals surface area contributed by atoms with Crippen LogP contribution < -0.4 is 14.8 Å². The zero-order chi connectivity index (χ0) is 24.3. The van der Waals surface area contributed by atoms with Crippen LogP contribution in [0, 0.1) is 0 Å². The minimum atomic E-state index is -0.294. The smallest absolute Gasteiger partial charge is 0.311 e. The van der Waals surface area contributed by atoms with Gasteiger partial charge in [0.15, 0.2) is 6.04 Å². The van der Waals surface area contributed by atoms with Gasteiger partial charge >= 0.3 is 11.7 Å². The Hall–Kier alpha value is -4.77. The third kappa shape index (κ3) is 4.23. The number of benzene rings is 4. The zero-order valence-corrected chi connectivity index (χ0v) is 19.7.